The number of aryl methyl sites for hydroxylation is 1. The maximum absolute atomic E-state index is 13.9. The highest BCUT2D eigenvalue weighted by Gasteiger charge is 2.34. The lowest BCUT2D eigenvalue weighted by molar-refractivity contribution is 0.0598. The third-order valence-corrected chi connectivity index (χ3v) is 8.63. The molecule has 2 aliphatic rings. The molecular weight excluding hydrogens is 478 g/mol. The van der Waals surface area contributed by atoms with Gasteiger partial charge < -0.3 is 10.2 Å². The first kappa shape index (κ1) is 24.0. The number of aromatic nitrogens is 1. The van der Waals surface area contributed by atoms with Crippen molar-refractivity contribution >= 4 is 34.8 Å². The van der Waals surface area contributed by atoms with Crippen molar-refractivity contribution in [2.45, 2.75) is 57.9 Å². The number of likely N-dealkylation sites (tertiary alicyclic amines) is 1. The summed E-state index contributed by atoms with van der Waals surface area (Å²) in [5, 5.41) is 4.70. The summed E-state index contributed by atoms with van der Waals surface area (Å²) in [4.78, 5) is 34.5. The minimum Gasteiger partial charge on any atom is -0.350 e. The van der Waals surface area contributed by atoms with Crippen LogP contribution < -0.4 is 5.32 Å². The van der Waals surface area contributed by atoms with Crippen LogP contribution in [0.5, 0.6) is 0 Å². The number of thiazole rings is 1. The van der Waals surface area contributed by atoms with E-state index in [1.807, 2.05) is 17.9 Å². The van der Waals surface area contributed by atoms with Gasteiger partial charge in [0.1, 0.15) is 5.69 Å². The average Bonchev–Trinajstić information content (AvgIpc) is 3.62. The van der Waals surface area contributed by atoms with Gasteiger partial charge in [0, 0.05) is 35.6 Å². The van der Waals surface area contributed by atoms with Crippen molar-refractivity contribution in [3.63, 3.8) is 0 Å². The molecule has 5 rings (SSSR count). The van der Waals surface area contributed by atoms with Crippen molar-refractivity contribution < 1.29 is 9.59 Å². The zero-order valence-electron chi connectivity index (χ0n) is 20.1. The molecule has 2 aromatic carbocycles. The van der Waals surface area contributed by atoms with Crippen LogP contribution in [0.1, 0.15) is 75.0 Å². The fourth-order valence-electron chi connectivity index (χ4n) is 4.74. The van der Waals surface area contributed by atoms with Crippen LogP contribution in [-0.4, -0.2) is 40.8 Å². The molecule has 1 atom stereocenters. The van der Waals surface area contributed by atoms with E-state index in [-0.39, 0.29) is 17.9 Å². The van der Waals surface area contributed by atoms with E-state index in [9.17, 15) is 9.59 Å². The lowest BCUT2D eigenvalue weighted by atomic mass is 10.0. The van der Waals surface area contributed by atoms with Crippen molar-refractivity contribution in [1.29, 1.82) is 0 Å². The number of carbonyl (C=O) groups excluding carboxylic acids is 2. The molecule has 2 amide bonds. The van der Waals surface area contributed by atoms with Crippen LogP contribution in [0.25, 0.3) is 10.4 Å². The number of hydrogen-bond acceptors (Lipinski definition) is 4. The minimum absolute atomic E-state index is 0.0254. The van der Waals surface area contributed by atoms with Gasteiger partial charge in [0.15, 0.2) is 0 Å². The Morgan fingerprint density at radius 3 is 2.69 bits per heavy atom. The molecule has 1 unspecified atom stereocenters. The van der Waals surface area contributed by atoms with Gasteiger partial charge in [-0.3, -0.25) is 9.59 Å². The van der Waals surface area contributed by atoms with E-state index in [0.29, 0.717) is 35.3 Å². The molecule has 2 heterocycles. The van der Waals surface area contributed by atoms with Gasteiger partial charge in [-0.15, -0.1) is 11.3 Å². The van der Waals surface area contributed by atoms with Crippen LogP contribution in [0.2, 0.25) is 5.02 Å². The summed E-state index contributed by atoms with van der Waals surface area (Å²) in [5.74, 6) is 0.304. The Bertz CT molecular complexity index is 1270. The van der Waals surface area contributed by atoms with Crippen LogP contribution in [0.4, 0.5) is 0 Å². The first-order valence-electron chi connectivity index (χ1n) is 12.3. The second kappa shape index (κ2) is 10.1. The smallest absolute Gasteiger partial charge is 0.274 e. The van der Waals surface area contributed by atoms with Crippen molar-refractivity contribution in [1.82, 2.24) is 15.2 Å². The standard InChI is InChI=1S/C28H30ClN3O2S/c1-17-7-5-8-20(15-17)25-24(31-27(35-25)19-12-13-19)28(34)32-14-4-3-9-21(32)16-30-26(33)22-10-6-11-23(29)18(22)2/h5-8,10-11,15,19,21H,3-4,9,12-14,16H2,1-2H3,(H,30,33). The van der Waals surface area contributed by atoms with Crippen LogP contribution in [-0.2, 0) is 0 Å². The highest BCUT2D eigenvalue weighted by molar-refractivity contribution is 7.15. The zero-order valence-corrected chi connectivity index (χ0v) is 21.7. The Morgan fingerprint density at radius 1 is 1.11 bits per heavy atom. The summed E-state index contributed by atoms with van der Waals surface area (Å²) in [7, 11) is 0. The molecule has 35 heavy (non-hydrogen) atoms. The third kappa shape index (κ3) is 5.14. The van der Waals surface area contributed by atoms with Gasteiger partial charge in [-0.1, -0.05) is 47.5 Å². The maximum Gasteiger partial charge on any atom is 0.274 e. The van der Waals surface area contributed by atoms with Gasteiger partial charge in [-0.25, -0.2) is 4.98 Å². The number of nitrogens with one attached hydrogen (secondary N) is 1. The van der Waals surface area contributed by atoms with Gasteiger partial charge in [-0.2, -0.15) is 0 Å². The normalized spacial score (nSPS) is 17.9. The van der Waals surface area contributed by atoms with Crippen LogP contribution >= 0.6 is 22.9 Å². The third-order valence-electron chi connectivity index (χ3n) is 6.95. The van der Waals surface area contributed by atoms with E-state index in [1.54, 1.807) is 29.5 Å². The molecule has 1 saturated heterocycles. The summed E-state index contributed by atoms with van der Waals surface area (Å²) in [6, 6.07) is 13.6. The molecule has 1 aromatic heterocycles. The van der Waals surface area contributed by atoms with Gasteiger partial charge in [-0.05, 0) is 69.2 Å². The van der Waals surface area contributed by atoms with E-state index < -0.39 is 0 Å². The monoisotopic (exact) mass is 507 g/mol. The number of benzene rings is 2. The quantitative estimate of drug-likeness (QED) is 0.421. The Kier molecular flexibility index (Phi) is 6.94. The molecular formula is C28H30ClN3O2S. The fraction of sp³-hybridized carbons (Fsp3) is 0.393. The molecule has 0 radical (unpaired) electrons. The highest BCUT2D eigenvalue weighted by atomic mass is 35.5. The van der Waals surface area contributed by atoms with Crippen molar-refractivity contribution in [3.05, 3.63) is 74.9 Å². The molecule has 7 heteroatoms. The summed E-state index contributed by atoms with van der Waals surface area (Å²) in [5.41, 5.74) is 4.11. The van der Waals surface area contributed by atoms with Gasteiger partial charge in [0.2, 0.25) is 0 Å². The Labute approximate surface area is 215 Å². The van der Waals surface area contributed by atoms with Gasteiger partial charge in [0.05, 0.1) is 9.88 Å². The second-order valence-electron chi connectivity index (χ2n) is 9.64. The first-order chi connectivity index (χ1) is 16.9. The van der Waals surface area contributed by atoms with Gasteiger partial charge in [0.25, 0.3) is 11.8 Å². The number of rotatable bonds is 6. The number of piperidine rings is 1. The topological polar surface area (TPSA) is 62.3 Å². The Hall–Kier alpha value is -2.70. The van der Waals surface area contributed by atoms with E-state index in [0.717, 1.165) is 58.7 Å². The van der Waals surface area contributed by atoms with E-state index in [1.165, 1.54) is 0 Å². The van der Waals surface area contributed by atoms with Crippen LogP contribution in [0, 0.1) is 13.8 Å². The largest absolute Gasteiger partial charge is 0.350 e. The number of amides is 2. The summed E-state index contributed by atoms with van der Waals surface area (Å²) in [6.45, 7) is 5.01. The molecule has 0 bridgehead atoms. The molecule has 2 fully saturated rings. The molecule has 3 aromatic rings. The predicted octanol–water partition coefficient (Wildman–Crippen LogP) is 6.38. The predicted molar refractivity (Wildman–Crippen MR) is 141 cm³/mol. The zero-order chi connectivity index (χ0) is 24.5. The number of halogens is 1. The number of nitrogens with zero attached hydrogens (tertiary/aromatic N) is 2. The molecule has 1 aliphatic carbocycles. The number of carbonyl (C=O) groups is 2. The Morgan fingerprint density at radius 2 is 1.91 bits per heavy atom. The fourth-order valence-corrected chi connectivity index (χ4v) is 6.14. The Balaban J connectivity index is 1.38. The van der Waals surface area contributed by atoms with Crippen LogP contribution in [0.15, 0.2) is 42.5 Å². The number of hydrogen-bond donors (Lipinski definition) is 1. The van der Waals surface area contributed by atoms with E-state index in [4.69, 9.17) is 16.6 Å². The maximum atomic E-state index is 13.9. The van der Waals surface area contributed by atoms with Crippen molar-refractivity contribution in [3.8, 4) is 10.4 Å². The van der Waals surface area contributed by atoms with E-state index >= 15 is 0 Å². The lowest BCUT2D eigenvalue weighted by Gasteiger charge is -2.35. The molecule has 1 aliphatic heterocycles. The molecule has 5 nitrogen and oxygen atoms in total. The first-order valence-corrected chi connectivity index (χ1v) is 13.5. The van der Waals surface area contributed by atoms with Crippen molar-refractivity contribution in [2.24, 2.45) is 0 Å². The summed E-state index contributed by atoms with van der Waals surface area (Å²) >= 11 is 7.87. The molecule has 1 saturated carbocycles. The molecule has 0 spiro atoms. The minimum atomic E-state index is -0.159. The SMILES string of the molecule is Cc1cccc(-c2sc(C3CC3)nc2C(=O)N2CCCCC2CNC(=O)c2cccc(Cl)c2C)c1. The summed E-state index contributed by atoms with van der Waals surface area (Å²) in [6.07, 6.45) is 5.16. The second-order valence-corrected chi connectivity index (χ2v) is 11.1. The van der Waals surface area contributed by atoms with Crippen LogP contribution in [0.3, 0.4) is 0 Å². The molecule has 1 N–H and O–H groups in total. The molecule has 182 valence electrons. The van der Waals surface area contributed by atoms with Gasteiger partial charge >= 0.3 is 0 Å². The van der Waals surface area contributed by atoms with E-state index in [2.05, 4.69) is 30.4 Å². The lowest BCUT2D eigenvalue weighted by Crippen LogP contribution is -2.49. The van der Waals surface area contributed by atoms with Crippen molar-refractivity contribution in [2.75, 3.05) is 13.1 Å². The highest BCUT2D eigenvalue weighted by Crippen LogP contribution is 2.45. The summed E-state index contributed by atoms with van der Waals surface area (Å²) < 4.78 is 0. The average molecular weight is 508 g/mol.